The van der Waals surface area contributed by atoms with Gasteiger partial charge in [0.2, 0.25) is 5.13 Å². The Morgan fingerprint density at radius 2 is 1.61 bits per heavy atom. The van der Waals surface area contributed by atoms with Gasteiger partial charge in [-0.3, -0.25) is 0 Å². The number of hydrogen-bond acceptors (Lipinski definition) is 4. The lowest BCUT2D eigenvalue weighted by Crippen LogP contribution is -2.18. The van der Waals surface area contributed by atoms with E-state index in [2.05, 4.69) is 65.8 Å². The van der Waals surface area contributed by atoms with Gasteiger partial charge >= 0.3 is 0 Å². The van der Waals surface area contributed by atoms with E-state index in [1.54, 1.807) is 11.3 Å². The first-order valence-electron chi connectivity index (χ1n) is 9.87. The average Bonchev–Trinajstić information content (AvgIpc) is 3.43. The zero-order chi connectivity index (χ0) is 20.5. The third-order valence-corrected chi connectivity index (χ3v) is 6.39. The molecule has 6 heteroatoms. The Hall–Kier alpha value is -2.47. The first kappa shape index (κ1) is 21.8. The quantitative estimate of drug-likeness (QED) is 0.281. The number of aryl methyl sites for hydroxylation is 1. The van der Waals surface area contributed by atoms with Gasteiger partial charge in [-0.1, -0.05) is 83.9 Å². The summed E-state index contributed by atoms with van der Waals surface area (Å²) in [6, 6.07) is 27.0. The molecule has 0 radical (unpaired) electrons. The minimum absolute atomic E-state index is 0. The van der Waals surface area contributed by atoms with Crippen LogP contribution < -0.4 is 5.01 Å². The minimum Gasteiger partial charge on any atom is -0.231 e. The van der Waals surface area contributed by atoms with E-state index in [4.69, 9.17) is 21.7 Å². The van der Waals surface area contributed by atoms with Gasteiger partial charge < -0.3 is 0 Å². The summed E-state index contributed by atoms with van der Waals surface area (Å²) in [6.45, 7) is 2.10. The number of hydrazone groups is 1. The van der Waals surface area contributed by atoms with E-state index < -0.39 is 0 Å². The third-order valence-electron chi connectivity index (χ3n) is 5.31. The van der Waals surface area contributed by atoms with Crippen LogP contribution in [-0.4, -0.2) is 10.7 Å². The van der Waals surface area contributed by atoms with Gasteiger partial charge in [-0.25, -0.2) is 9.99 Å². The lowest BCUT2D eigenvalue weighted by molar-refractivity contribution is 0.706. The van der Waals surface area contributed by atoms with E-state index in [1.165, 1.54) is 11.1 Å². The second-order valence-electron chi connectivity index (χ2n) is 7.41. The Kier molecular flexibility index (Phi) is 6.56. The van der Waals surface area contributed by atoms with Gasteiger partial charge in [0.1, 0.15) is 0 Å². The van der Waals surface area contributed by atoms with Crippen LogP contribution in [0, 0.1) is 6.92 Å². The summed E-state index contributed by atoms with van der Waals surface area (Å²) in [5.74, 6) is 0. The van der Waals surface area contributed by atoms with Gasteiger partial charge in [-0.15, -0.1) is 28.3 Å². The fourth-order valence-electron chi connectivity index (χ4n) is 3.66. The Labute approximate surface area is 201 Å². The van der Waals surface area contributed by atoms with E-state index in [0.29, 0.717) is 0 Å². The van der Waals surface area contributed by atoms with Gasteiger partial charge in [-0.2, -0.15) is 5.10 Å². The maximum atomic E-state index is 6.13. The van der Waals surface area contributed by atoms with Crippen LogP contribution in [0.1, 0.15) is 29.2 Å². The van der Waals surface area contributed by atoms with Crippen molar-refractivity contribution in [3.8, 4) is 11.3 Å². The Morgan fingerprint density at radius 3 is 2.32 bits per heavy atom. The summed E-state index contributed by atoms with van der Waals surface area (Å²) >= 11 is 7.75. The van der Waals surface area contributed by atoms with E-state index in [0.717, 1.165) is 39.1 Å². The number of hydrogen-bond donors (Lipinski definition) is 0. The fraction of sp³-hybridized carbons (Fsp3) is 0.120. The highest BCUT2D eigenvalue weighted by Crippen LogP contribution is 2.39. The summed E-state index contributed by atoms with van der Waals surface area (Å²) in [5.41, 5.74) is 6.75. The number of halogens is 2. The minimum atomic E-state index is 0. The Balaban J connectivity index is 0.00000231. The molecule has 5 rings (SSSR count). The van der Waals surface area contributed by atoms with E-state index in [1.807, 2.05) is 30.3 Å². The summed E-state index contributed by atoms with van der Waals surface area (Å²) in [6.07, 6.45) is 0.824. The number of rotatable bonds is 4. The molecule has 1 aliphatic rings. The number of aromatic nitrogens is 1. The Morgan fingerprint density at radius 1 is 0.903 bits per heavy atom. The number of benzene rings is 3. The molecule has 4 aromatic rings. The van der Waals surface area contributed by atoms with Crippen molar-refractivity contribution in [2.75, 3.05) is 5.01 Å². The summed E-state index contributed by atoms with van der Waals surface area (Å²) in [7, 11) is 0. The predicted octanol–water partition coefficient (Wildman–Crippen LogP) is 7.71. The molecule has 1 atom stereocenters. The van der Waals surface area contributed by atoms with Gasteiger partial charge in [-0.05, 0) is 30.2 Å². The molecule has 0 fully saturated rings. The molecule has 1 aliphatic heterocycles. The molecule has 31 heavy (non-hydrogen) atoms. The van der Waals surface area contributed by atoms with Crippen LogP contribution in [0.15, 0.2) is 89.3 Å². The molecule has 0 amide bonds. The van der Waals surface area contributed by atoms with E-state index in [-0.39, 0.29) is 23.0 Å². The molecule has 3 nitrogen and oxygen atoms in total. The summed E-state index contributed by atoms with van der Waals surface area (Å²) in [4.78, 5) is 4.91. The zero-order valence-electron chi connectivity index (χ0n) is 16.9. The standard InChI is InChI=1S/C25H20ClN3S.BrH/c1-17-7-9-19(10-8-17)22-15-24(20-11-13-21(26)14-12-20)29(28-22)25-27-23(16-30-25)18-5-3-2-4-6-18;/h2-14,16,24H,15H2,1H3;1H. The van der Waals surface area contributed by atoms with Crippen molar-refractivity contribution in [1.82, 2.24) is 4.98 Å². The summed E-state index contributed by atoms with van der Waals surface area (Å²) < 4.78 is 0. The van der Waals surface area contributed by atoms with Crippen molar-refractivity contribution in [1.29, 1.82) is 0 Å². The lowest BCUT2D eigenvalue weighted by Gasteiger charge is -2.21. The SMILES string of the molecule is Br.Cc1ccc(C2=NN(c3nc(-c4ccccc4)cs3)C(c3ccc(Cl)cc3)C2)cc1. The van der Waals surface area contributed by atoms with Crippen LogP contribution in [0.2, 0.25) is 5.02 Å². The number of nitrogens with zero attached hydrogens (tertiary/aromatic N) is 3. The zero-order valence-corrected chi connectivity index (χ0v) is 20.2. The molecule has 3 aromatic carbocycles. The molecule has 0 aliphatic carbocycles. The second kappa shape index (κ2) is 9.35. The van der Waals surface area contributed by atoms with Gasteiger partial charge in [0.15, 0.2) is 0 Å². The van der Waals surface area contributed by atoms with Crippen LogP contribution in [0.5, 0.6) is 0 Å². The van der Waals surface area contributed by atoms with Gasteiger partial charge in [0, 0.05) is 22.4 Å². The molecule has 1 aromatic heterocycles. The van der Waals surface area contributed by atoms with Gasteiger partial charge in [0.25, 0.3) is 0 Å². The first-order valence-corrected chi connectivity index (χ1v) is 11.1. The van der Waals surface area contributed by atoms with Crippen LogP contribution in [-0.2, 0) is 0 Å². The molecular formula is C25H21BrClN3S. The topological polar surface area (TPSA) is 28.5 Å². The number of anilines is 1. The Bertz CT molecular complexity index is 1190. The highest BCUT2D eigenvalue weighted by Gasteiger charge is 2.31. The fourth-order valence-corrected chi connectivity index (χ4v) is 4.62. The van der Waals surface area contributed by atoms with Crippen LogP contribution in [0.25, 0.3) is 11.3 Å². The third kappa shape index (κ3) is 4.59. The van der Waals surface area contributed by atoms with Crippen molar-refractivity contribution in [2.45, 2.75) is 19.4 Å². The van der Waals surface area contributed by atoms with E-state index >= 15 is 0 Å². The van der Waals surface area contributed by atoms with Crippen molar-refractivity contribution in [3.63, 3.8) is 0 Å². The first-order chi connectivity index (χ1) is 14.7. The smallest absolute Gasteiger partial charge is 0.207 e. The highest BCUT2D eigenvalue weighted by molar-refractivity contribution is 8.93. The second-order valence-corrected chi connectivity index (χ2v) is 8.68. The molecule has 2 heterocycles. The van der Waals surface area contributed by atoms with E-state index in [9.17, 15) is 0 Å². The molecule has 0 N–H and O–H groups in total. The van der Waals surface area contributed by atoms with Crippen LogP contribution >= 0.6 is 39.9 Å². The van der Waals surface area contributed by atoms with Crippen LogP contribution in [0.3, 0.4) is 0 Å². The van der Waals surface area contributed by atoms with Crippen molar-refractivity contribution in [3.05, 3.63) is 106 Å². The van der Waals surface area contributed by atoms with Gasteiger partial charge in [0.05, 0.1) is 17.4 Å². The molecule has 156 valence electrons. The molecule has 0 bridgehead atoms. The molecule has 1 unspecified atom stereocenters. The van der Waals surface area contributed by atoms with Crippen LogP contribution in [0.4, 0.5) is 5.13 Å². The molecule has 0 saturated carbocycles. The normalized spacial score (nSPS) is 15.5. The molecule has 0 spiro atoms. The van der Waals surface area contributed by atoms with Crippen molar-refractivity contribution >= 4 is 50.8 Å². The average molecular weight is 511 g/mol. The molecule has 0 saturated heterocycles. The maximum absolute atomic E-state index is 6.13. The summed E-state index contributed by atoms with van der Waals surface area (Å²) in [5, 5.41) is 10.8. The largest absolute Gasteiger partial charge is 0.231 e. The van der Waals surface area contributed by atoms with Crippen molar-refractivity contribution < 1.29 is 0 Å². The number of thiazole rings is 1. The highest BCUT2D eigenvalue weighted by atomic mass is 79.9. The predicted molar refractivity (Wildman–Crippen MR) is 137 cm³/mol. The maximum Gasteiger partial charge on any atom is 0.207 e. The monoisotopic (exact) mass is 509 g/mol. The molecular weight excluding hydrogens is 490 g/mol. The lowest BCUT2D eigenvalue weighted by atomic mass is 9.98. The van der Waals surface area contributed by atoms with Crippen molar-refractivity contribution in [2.24, 2.45) is 5.10 Å².